The second-order valence-electron chi connectivity index (χ2n) is 3.65. The van der Waals surface area contributed by atoms with E-state index in [0.29, 0.717) is 0 Å². The molecule has 0 amide bonds. The minimum absolute atomic E-state index is 0.0707. The molecule has 2 nitrogen and oxygen atoms in total. The van der Waals surface area contributed by atoms with Crippen LogP contribution in [0.15, 0.2) is 48.7 Å². The maximum atomic E-state index is 13.8. The van der Waals surface area contributed by atoms with Gasteiger partial charge in [0, 0.05) is 11.8 Å². The standard InChI is InChI=1S/C13H10ClF2NO/c14-12-11(7-4-8-17-12)18-9-13(15,16)10-5-2-1-3-6-10/h1-8H,9H2. The smallest absolute Gasteiger partial charge is 0.306 e. The predicted molar refractivity (Wildman–Crippen MR) is 65.1 cm³/mol. The minimum Gasteiger partial charge on any atom is -0.484 e. The van der Waals surface area contributed by atoms with Crippen LogP contribution in [0, 0.1) is 0 Å². The third-order valence-electron chi connectivity index (χ3n) is 2.33. The van der Waals surface area contributed by atoms with Gasteiger partial charge in [0.15, 0.2) is 17.5 Å². The highest BCUT2D eigenvalue weighted by Crippen LogP contribution is 2.30. The summed E-state index contributed by atoms with van der Waals surface area (Å²) in [5, 5.41) is 0.0707. The van der Waals surface area contributed by atoms with Crippen LogP contribution in [0.1, 0.15) is 5.56 Å². The molecule has 0 aliphatic heterocycles. The van der Waals surface area contributed by atoms with E-state index in [0.717, 1.165) is 0 Å². The molecule has 2 rings (SSSR count). The number of rotatable bonds is 4. The lowest BCUT2D eigenvalue weighted by Gasteiger charge is -2.17. The first kappa shape index (κ1) is 12.8. The molecular formula is C13H10ClF2NO. The van der Waals surface area contributed by atoms with Crippen molar-refractivity contribution in [2.45, 2.75) is 5.92 Å². The van der Waals surface area contributed by atoms with Gasteiger partial charge in [-0.2, -0.15) is 8.78 Å². The van der Waals surface area contributed by atoms with Crippen molar-refractivity contribution < 1.29 is 13.5 Å². The van der Waals surface area contributed by atoms with Crippen LogP contribution in [0.5, 0.6) is 5.75 Å². The van der Waals surface area contributed by atoms with E-state index in [1.807, 2.05) is 0 Å². The molecule has 0 unspecified atom stereocenters. The fourth-order valence-electron chi connectivity index (χ4n) is 1.41. The average Bonchev–Trinajstić information content (AvgIpc) is 2.39. The van der Waals surface area contributed by atoms with Gasteiger partial charge < -0.3 is 4.74 Å². The van der Waals surface area contributed by atoms with E-state index in [9.17, 15) is 8.78 Å². The first-order valence-electron chi connectivity index (χ1n) is 5.26. The van der Waals surface area contributed by atoms with Crippen LogP contribution in [-0.2, 0) is 5.92 Å². The summed E-state index contributed by atoms with van der Waals surface area (Å²) in [5.74, 6) is -2.92. The number of hydrogen-bond acceptors (Lipinski definition) is 2. The van der Waals surface area contributed by atoms with Gasteiger partial charge in [-0.15, -0.1) is 0 Å². The molecule has 94 valence electrons. The van der Waals surface area contributed by atoms with E-state index in [4.69, 9.17) is 16.3 Å². The van der Waals surface area contributed by atoms with Crippen molar-refractivity contribution in [2.75, 3.05) is 6.61 Å². The quantitative estimate of drug-likeness (QED) is 0.785. The van der Waals surface area contributed by atoms with Crippen molar-refractivity contribution >= 4 is 11.6 Å². The summed E-state index contributed by atoms with van der Waals surface area (Å²) >= 11 is 5.72. The lowest BCUT2D eigenvalue weighted by Crippen LogP contribution is -2.23. The molecular weight excluding hydrogens is 260 g/mol. The lowest BCUT2D eigenvalue weighted by atomic mass is 10.1. The minimum atomic E-state index is -3.07. The summed E-state index contributed by atoms with van der Waals surface area (Å²) in [6.45, 7) is -0.775. The van der Waals surface area contributed by atoms with Crippen molar-refractivity contribution in [2.24, 2.45) is 0 Å². The van der Waals surface area contributed by atoms with Gasteiger partial charge in [0.05, 0.1) is 0 Å². The van der Waals surface area contributed by atoms with Crippen LogP contribution in [0.3, 0.4) is 0 Å². The fourth-order valence-corrected chi connectivity index (χ4v) is 1.59. The molecule has 1 heterocycles. The molecule has 0 N–H and O–H groups in total. The Kier molecular flexibility index (Phi) is 3.77. The number of benzene rings is 1. The number of hydrogen-bond donors (Lipinski definition) is 0. The molecule has 0 radical (unpaired) electrons. The third kappa shape index (κ3) is 2.96. The van der Waals surface area contributed by atoms with Gasteiger partial charge in [0.1, 0.15) is 0 Å². The van der Waals surface area contributed by atoms with E-state index < -0.39 is 12.5 Å². The Bertz CT molecular complexity index is 519. The van der Waals surface area contributed by atoms with E-state index in [2.05, 4.69) is 4.98 Å². The number of aromatic nitrogens is 1. The van der Waals surface area contributed by atoms with E-state index in [1.165, 1.54) is 24.4 Å². The van der Waals surface area contributed by atoms with Crippen LogP contribution in [0.4, 0.5) is 8.78 Å². The van der Waals surface area contributed by atoms with Gasteiger partial charge in [0.2, 0.25) is 0 Å². The normalized spacial score (nSPS) is 11.3. The van der Waals surface area contributed by atoms with Gasteiger partial charge in [0.25, 0.3) is 0 Å². The van der Waals surface area contributed by atoms with Gasteiger partial charge in [-0.05, 0) is 12.1 Å². The number of pyridine rings is 1. The Balaban J connectivity index is 2.08. The van der Waals surface area contributed by atoms with Crippen LogP contribution < -0.4 is 4.74 Å². The molecule has 0 spiro atoms. The highest BCUT2D eigenvalue weighted by Gasteiger charge is 2.32. The molecule has 0 saturated carbocycles. The summed E-state index contributed by atoms with van der Waals surface area (Å²) in [4.78, 5) is 3.75. The maximum absolute atomic E-state index is 13.8. The van der Waals surface area contributed by atoms with Crippen LogP contribution in [0.25, 0.3) is 0 Å². The average molecular weight is 270 g/mol. The fraction of sp³-hybridized carbons (Fsp3) is 0.154. The largest absolute Gasteiger partial charge is 0.484 e. The monoisotopic (exact) mass is 269 g/mol. The van der Waals surface area contributed by atoms with Crippen molar-refractivity contribution in [1.82, 2.24) is 4.98 Å². The second-order valence-corrected chi connectivity index (χ2v) is 4.01. The zero-order chi connectivity index (χ0) is 13.0. The topological polar surface area (TPSA) is 22.1 Å². The van der Waals surface area contributed by atoms with Crippen molar-refractivity contribution in [3.8, 4) is 5.75 Å². The van der Waals surface area contributed by atoms with E-state index in [1.54, 1.807) is 24.3 Å². The predicted octanol–water partition coefficient (Wildman–Crippen LogP) is 3.91. The molecule has 2 aromatic rings. The summed E-state index contributed by atoms with van der Waals surface area (Å²) in [6.07, 6.45) is 1.46. The Morgan fingerprint density at radius 2 is 1.83 bits per heavy atom. The molecule has 18 heavy (non-hydrogen) atoms. The molecule has 0 fully saturated rings. The van der Waals surface area contributed by atoms with Crippen LogP contribution in [-0.4, -0.2) is 11.6 Å². The van der Waals surface area contributed by atoms with Gasteiger partial charge >= 0.3 is 5.92 Å². The van der Waals surface area contributed by atoms with Crippen molar-refractivity contribution in [3.05, 3.63) is 59.4 Å². The number of nitrogens with zero attached hydrogens (tertiary/aromatic N) is 1. The SMILES string of the molecule is FC(F)(COc1cccnc1Cl)c1ccccc1. The lowest BCUT2D eigenvalue weighted by molar-refractivity contribution is -0.0467. The molecule has 0 saturated heterocycles. The highest BCUT2D eigenvalue weighted by molar-refractivity contribution is 6.30. The summed E-state index contributed by atoms with van der Waals surface area (Å²) in [6, 6.07) is 10.6. The Hall–Kier alpha value is -1.68. The first-order chi connectivity index (χ1) is 8.59. The van der Waals surface area contributed by atoms with Crippen LogP contribution >= 0.6 is 11.6 Å². The van der Waals surface area contributed by atoms with Gasteiger partial charge in [-0.1, -0.05) is 41.9 Å². The Morgan fingerprint density at radius 3 is 2.50 bits per heavy atom. The number of alkyl halides is 2. The van der Waals surface area contributed by atoms with Gasteiger partial charge in [-0.25, -0.2) is 4.98 Å². The zero-order valence-corrected chi connectivity index (χ0v) is 10.1. The summed E-state index contributed by atoms with van der Waals surface area (Å²) in [5.41, 5.74) is -0.0926. The maximum Gasteiger partial charge on any atom is 0.306 e. The molecule has 0 atom stereocenters. The molecule has 0 bridgehead atoms. The Labute approximate surface area is 108 Å². The number of halogens is 3. The van der Waals surface area contributed by atoms with E-state index in [-0.39, 0.29) is 16.5 Å². The molecule has 5 heteroatoms. The third-order valence-corrected chi connectivity index (χ3v) is 2.61. The molecule has 0 aliphatic carbocycles. The summed E-state index contributed by atoms with van der Waals surface area (Å²) < 4.78 is 32.6. The van der Waals surface area contributed by atoms with Crippen molar-refractivity contribution in [1.29, 1.82) is 0 Å². The van der Waals surface area contributed by atoms with Crippen molar-refractivity contribution in [3.63, 3.8) is 0 Å². The Morgan fingerprint density at radius 1 is 1.11 bits per heavy atom. The summed E-state index contributed by atoms with van der Waals surface area (Å²) in [7, 11) is 0. The van der Waals surface area contributed by atoms with Crippen LogP contribution in [0.2, 0.25) is 5.15 Å². The second kappa shape index (κ2) is 5.31. The first-order valence-corrected chi connectivity index (χ1v) is 5.64. The number of ether oxygens (including phenoxy) is 1. The molecule has 1 aromatic carbocycles. The van der Waals surface area contributed by atoms with E-state index >= 15 is 0 Å². The highest BCUT2D eigenvalue weighted by atomic mass is 35.5. The zero-order valence-electron chi connectivity index (χ0n) is 9.32. The molecule has 1 aromatic heterocycles. The molecule has 0 aliphatic rings. The van der Waals surface area contributed by atoms with Gasteiger partial charge in [-0.3, -0.25) is 0 Å².